The van der Waals surface area contributed by atoms with E-state index in [9.17, 15) is 0 Å². The van der Waals surface area contributed by atoms with Crippen molar-refractivity contribution in [3.8, 4) is 39.5 Å². The third-order valence-electron chi connectivity index (χ3n) is 11.3. The fourth-order valence-corrected chi connectivity index (χ4v) is 8.76. The molecule has 244 valence electrons. The maximum absolute atomic E-state index is 5.29. The lowest BCUT2D eigenvalue weighted by Gasteiger charge is -2.22. The molecule has 2 heterocycles. The smallest absolute Gasteiger partial charge is 0.160 e. The molecule has 0 unspecified atom stereocenters. The summed E-state index contributed by atoms with van der Waals surface area (Å²) >= 11 is 0. The van der Waals surface area contributed by atoms with Crippen molar-refractivity contribution in [2.45, 2.75) is 19.3 Å². The normalized spacial score (nSPS) is 13.3. The first kappa shape index (κ1) is 29.2. The zero-order valence-electron chi connectivity index (χ0n) is 28.9. The van der Waals surface area contributed by atoms with Gasteiger partial charge in [-0.15, -0.1) is 0 Å². The lowest BCUT2D eigenvalue weighted by molar-refractivity contribution is 0.662. The molecule has 52 heavy (non-hydrogen) atoms. The summed E-state index contributed by atoms with van der Waals surface area (Å²) in [6.07, 6.45) is 0. The van der Waals surface area contributed by atoms with Gasteiger partial charge < -0.3 is 4.57 Å². The highest BCUT2D eigenvalue weighted by atomic mass is 15.0. The fraction of sp³-hybridized carbons (Fsp3) is 0.0612. The molecule has 0 amide bonds. The molecule has 0 saturated carbocycles. The van der Waals surface area contributed by atoms with E-state index < -0.39 is 0 Å². The average molecular weight is 664 g/mol. The molecule has 8 aromatic carbocycles. The first-order chi connectivity index (χ1) is 25.5. The van der Waals surface area contributed by atoms with Crippen LogP contribution in [0.3, 0.4) is 0 Å². The largest absolute Gasteiger partial charge is 0.309 e. The van der Waals surface area contributed by atoms with Crippen LogP contribution in [0, 0.1) is 0 Å². The van der Waals surface area contributed by atoms with Crippen LogP contribution in [0.25, 0.3) is 93.7 Å². The minimum absolute atomic E-state index is 0.151. The van der Waals surface area contributed by atoms with Crippen LogP contribution in [0.2, 0.25) is 0 Å². The van der Waals surface area contributed by atoms with Crippen molar-refractivity contribution in [3.63, 3.8) is 0 Å². The summed E-state index contributed by atoms with van der Waals surface area (Å²) in [5.74, 6) is 0.728. The molecule has 0 radical (unpaired) electrons. The number of benzene rings is 8. The molecule has 3 nitrogen and oxygen atoms in total. The van der Waals surface area contributed by atoms with Crippen molar-refractivity contribution in [1.82, 2.24) is 14.5 Å². The molecule has 0 N–H and O–H groups in total. The number of fused-ring (bicyclic) bond motifs is 9. The van der Waals surface area contributed by atoms with E-state index in [0.29, 0.717) is 0 Å². The molecule has 1 aliphatic carbocycles. The van der Waals surface area contributed by atoms with Gasteiger partial charge in [0, 0.05) is 38.1 Å². The predicted molar refractivity (Wildman–Crippen MR) is 217 cm³/mol. The Morgan fingerprint density at radius 3 is 1.90 bits per heavy atom. The van der Waals surface area contributed by atoms with Crippen molar-refractivity contribution in [2.75, 3.05) is 0 Å². The second kappa shape index (κ2) is 10.7. The molecule has 0 aliphatic heterocycles. The Balaban J connectivity index is 1.22. The van der Waals surface area contributed by atoms with Crippen LogP contribution in [0.5, 0.6) is 0 Å². The standard InChI is InChI=1S/C49H33N3/c1-49(2)41-26-32-17-7-6-16-31(32)25-38(41)39-28-40-36-20-11-13-23-44(36)52(46(40)29-42(39)49)45-27-34(24-33-18-8-9-19-35(33)45)47-37-21-10-12-22-43(37)50-48(51-47)30-14-4-3-5-15-30/h3-29H,1-2H3. The first-order valence-corrected chi connectivity index (χ1v) is 18.0. The van der Waals surface area contributed by atoms with Gasteiger partial charge in [-0.2, -0.15) is 0 Å². The molecule has 2 aromatic heterocycles. The van der Waals surface area contributed by atoms with E-state index in [-0.39, 0.29) is 5.41 Å². The molecule has 10 aromatic rings. The topological polar surface area (TPSA) is 30.7 Å². The minimum Gasteiger partial charge on any atom is -0.309 e. The lowest BCUT2D eigenvalue weighted by atomic mass is 9.81. The highest BCUT2D eigenvalue weighted by Crippen LogP contribution is 2.52. The average Bonchev–Trinajstić information content (AvgIpc) is 3.63. The van der Waals surface area contributed by atoms with E-state index in [1.807, 2.05) is 18.2 Å². The number of rotatable bonds is 3. The van der Waals surface area contributed by atoms with E-state index >= 15 is 0 Å². The molecular weight excluding hydrogens is 631 g/mol. The number of hydrogen-bond acceptors (Lipinski definition) is 2. The molecule has 0 atom stereocenters. The second-order valence-electron chi connectivity index (χ2n) is 14.6. The van der Waals surface area contributed by atoms with Gasteiger partial charge in [-0.25, -0.2) is 9.97 Å². The van der Waals surface area contributed by atoms with Crippen LogP contribution in [-0.4, -0.2) is 14.5 Å². The number of hydrogen-bond donors (Lipinski definition) is 0. The van der Waals surface area contributed by atoms with E-state index in [1.54, 1.807) is 0 Å². The lowest BCUT2D eigenvalue weighted by Crippen LogP contribution is -2.15. The van der Waals surface area contributed by atoms with Crippen molar-refractivity contribution in [1.29, 1.82) is 0 Å². The highest BCUT2D eigenvalue weighted by molar-refractivity contribution is 6.13. The van der Waals surface area contributed by atoms with Crippen LogP contribution >= 0.6 is 0 Å². The Hall–Kier alpha value is -6.58. The SMILES string of the molecule is CC1(C)c2cc3ccccc3cc2-c2cc3c4ccccc4n(-c4cc(-c5nc(-c6ccccc6)nc6ccccc56)cc5ccccc45)c3cc21. The van der Waals surface area contributed by atoms with Crippen molar-refractivity contribution in [2.24, 2.45) is 0 Å². The summed E-state index contributed by atoms with van der Waals surface area (Å²) in [4.78, 5) is 10.3. The second-order valence-corrected chi connectivity index (χ2v) is 14.6. The molecule has 0 fully saturated rings. The summed E-state index contributed by atoms with van der Waals surface area (Å²) in [5, 5.41) is 8.49. The van der Waals surface area contributed by atoms with Crippen LogP contribution in [-0.2, 0) is 5.41 Å². The minimum atomic E-state index is -0.151. The van der Waals surface area contributed by atoms with E-state index in [1.165, 1.54) is 65.6 Å². The molecule has 0 spiro atoms. The van der Waals surface area contributed by atoms with Crippen LogP contribution in [0.4, 0.5) is 0 Å². The zero-order chi connectivity index (χ0) is 34.6. The van der Waals surface area contributed by atoms with Gasteiger partial charge in [0.05, 0.1) is 27.9 Å². The predicted octanol–water partition coefficient (Wildman–Crippen LogP) is 12.7. The van der Waals surface area contributed by atoms with Crippen LogP contribution in [0.15, 0.2) is 164 Å². The van der Waals surface area contributed by atoms with E-state index in [0.717, 1.165) is 39.2 Å². The molecule has 0 bridgehead atoms. The monoisotopic (exact) mass is 663 g/mol. The van der Waals surface area contributed by atoms with Gasteiger partial charge in [0.25, 0.3) is 0 Å². The third-order valence-corrected chi connectivity index (χ3v) is 11.3. The van der Waals surface area contributed by atoms with Gasteiger partial charge in [0.15, 0.2) is 5.82 Å². The van der Waals surface area contributed by atoms with Gasteiger partial charge >= 0.3 is 0 Å². The maximum Gasteiger partial charge on any atom is 0.160 e. The Morgan fingerprint density at radius 1 is 0.442 bits per heavy atom. The fourth-order valence-electron chi connectivity index (χ4n) is 8.76. The van der Waals surface area contributed by atoms with Crippen LogP contribution < -0.4 is 0 Å². The van der Waals surface area contributed by atoms with Gasteiger partial charge in [0.1, 0.15) is 0 Å². The van der Waals surface area contributed by atoms with Gasteiger partial charge in [0.2, 0.25) is 0 Å². The van der Waals surface area contributed by atoms with Crippen LogP contribution in [0.1, 0.15) is 25.0 Å². The molecule has 0 saturated heterocycles. The Morgan fingerprint density at radius 2 is 1.08 bits per heavy atom. The molecule has 1 aliphatic rings. The van der Waals surface area contributed by atoms with Crippen molar-refractivity contribution < 1.29 is 0 Å². The number of nitrogens with zero attached hydrogens (tertiary/aromatic N) is 3. The summed E-state index contributed by atoms with van der Waals surface area (Å²) in [5.41, 5.74) is 12.8. The Labute approximate surface area is 301 Å². The zero-order valence-corrected chi connectivity index (χ0v) is 28.9. The highest BCUT2D eigenvalue weighted by Gasteiger charge is 2.37. The Kier molecular flexibility index (Phi) is 6.01. The van der Waals surface area contributed by atoms with Gasteiger partial charge in [-0.05, 0) is 86.9 Å². The summed E-state index contributed by atoms with van der Waals surface area (Å²) in [6, 6.07) is 59.4. The van der Waals surface area contributed by atoms with Gasteiger partial charge in [-0.3, -0.25) is 0 Å². The first-order valence-electron chi connectivity index (χ1n) is 18.0. The molecular formula is C49H33N3. The summed E-state index contributed by atoms with van der Waals surface area (Å²) < 4.78 is 2.49. The Bertz CT molecular complexity index is 3100. The van der Waals surface area contributed by atoms with Gasteiger partial charge in [-0.1, -0.05) is 129 Å². The van der Waals surface area contributed by atoms with E-state index in [4.69, 9.17) is 9.97 Å². The molecule has 3 heteroatoms. The number of para-hydroxylation sites is 2. The summed E-state index contributed by atoms with van der Waals surface area (Å²) in [7, 11) is 0. The quantitative estimate of drug-likeness (QED) is 0.188. The summed E-state index contributed by atoms with van der Waals surface area (Å²) in [6.45, 7) is 4.76. The van der Waals surface area contributed by atoms with E-state index in [2.05, 4.69) is 164 Å². The van der Waals surface area contributed by atoms with Crippen molar-refractivity contribution >= 4 is 54.3 Å². The maximum atomic E-state index is 5.29. The molecule has 11 rings (SSSR count). The van der Waals surface area contributed by atoms with Crippen molar-refractivity contribution in [3.05, 3.63) is 175 Å². The number of aromatic nitrogens is 3. The third kappa shape index (κ3) is 4.14.